The summed E-state index contributed by atoms with van der Waals surface area (Å²) in [6.45, 7) is 1.78. The van der Waals surface area contributed by atoms with Gasteiger partial charge in [-0.05, 0) is 37.1 Å². The van der Waals surface area contributed by atoms with Crippen molar-refractivity contribution in [3.63, 3.8) is 0 Å². The first-order chi connectivity index (χ1) is 13.1. The molecule has 2 aromatic rings. The second kappa shape index (κ2) is 11.1. The molecule has 0 aromatic heterocycles. The molecule has 0 spiro atoms. The molecule has 0 radical (unpaired) electrons. The van der Waals surface area contributed by atoms with Gasteiger partial charge in [0, 0.05) is 12.6 Å². The van der Waals surface area contributed by atoms with Gasteiger partial charge in [-0.25, -0.2) is 0 Å². The van der Waals surface area contributed by atoms with Gasteiger partial charge in [0.25, 0.3) is 5.91 Å². The Morgan fingerprint density at radius 2 is 1.82 bits per heavy atom. The summed E-state index contributed by atoms with van der Waals surface area (Å²) in [6.07, 6.45) is 2.20. The van der Waals surface area contributed by atoms with Gasteiger partial charge in [-0.15, -0.1) is 12.4 Å². The zero-order valence-corrected chi connectivity index (χ0v) is 17.1. The van der Waals surface area contributed by atoms with Crippen molar-refractivity contribution < 1.29 is 9.59 Å². The van der Waals surface area contributed by atoms with Crippen molar-refractivity contribution in [2.45, 2.75) is 31.3 Å². The molecule has 28 heavy (non-hydrogen) atoms. The van der Waals surface area contributed by atoms with Crippen molar-refractivity contribution in [1.82, 2.24) is 16.0 Å². The van der Waals surface area contributed by atoms with E-state index in [2.05, 4.69) is 16.0 Å². The van der Waals surface area contributed by atoms with E-state index in [1.54, 1.807) is 24.3 Å². The number of amides is 2. The maximum atomic E-state index is 12.7. The monoisotopic (exact) mass is 421 g/mol. The fourth-order valence-electron chi connectivity index (χ4n) is 3.27. The Morgan fingerprint density at radius 3 is 2.50 bits per heavy atom. The minimum Gasteiger partial charge on any atom is -0.352 e. The van der Waals surface area contributed by atoms with Crippen molar-refractivity contribution in [3.05, 3.63) is 70.7 Å². The lowest BCUT2D eigenvalue weighted by Gasteiger charge is -2.25. The van der Waals surface area contributed by atoms with Gasteiger partial charge in [0.15, 0.2) is 0 Å². The third-order valence-corrected chi connectivity index (χ3v) is 5.01. The topological polar surface area (TPSA) is 70.2 Å². The van der Waals surface area contributed by atoms with Crippen molar-refractivity contribution in [2.75, 3.05) is 13.1 Å². The molecule has 1 unspecified atom stereocenters. The smallest absolute Gasteiger partial charge is 0.253 e. The molecule has 2 amide bonds. The van der Waals surface area contributed by atoms with E-state index in [4.69, 9.17) is 11.6 Å². The van der Waals surface area contributed by atoms with Crippen molar-refractivity contribution in [2.24, 2.45) is 0 Å². The molecule has 1 fully saturated rings. The van der Waals surface area contributed by atoms with Gasteiger partial charge in [0.1, 0.15) is 0 Å². The SMILES string of the molecule is Cl.O=C(CC(NC(=O)c1ccccc1Cl)c1ccccc1)N[C@H]1CCCNC1. The minimum atomic E-state index is -0.425. The fraction of sp³-hybridized carbons (Fsp3) is 0.333. The first-order valence-corrected chi connectivity index (χ1v) is 9.61. The molecule has 0 saturated carbocycles. The van der Waals surface area contributed by atoms with Crippen LogP contribution in [0.3, 0.4) is 0 Å². The number of piperidine rings is 1. The molecule has 0 bridgehead atoms. The van der Waals surface area contributed by atoms with Gasteiger partial charge in [-0.3, -0.25) is 9.59 Å². The first kappa shape index (κ1) is 22.2. The van der Waals surface area contributed by atoms with Crippen LogP contribution in [0.1, 0.15) is 41.2 Å². The number of carbonyl (C=O) groups is 2. The Morgan fingerprint density at radius 1 is 1.11 bits per heavy atom. The predicted octanol–water partition coefficient (Wildman–Crippen LogP) is 3.49. The third-order valence-electron chi connectivity index (χ3n) is 4.68. The van der Waals surface area contributed by atoms with Crippen LogP contribution in [-0.2, 0) is 4.79 Å². The van der Waals surface area contributed by atoms with Crippen LogP contribution in [0, 0.1) is 0 Å². The molecule has 5 nitrogen and oxygen atoms in total. The Kier molecular flexibility index (Phi) is 8.77. The lowest BCUT2D eigenvalue weighted by molar-refractivity contribution is -0.122. The van der Waals surface area contributed by atoms with E-state index in [0.29, 0.717) is 10.6 Å². The summed E-state index contributed by atoms with van der Waals surface area (Å²) in [4.78, 5) is 25.2. The molecule has 3 rings (SSSR count). The highest BCUT2D eigenvalue weighted by Crippen LogP contribution is 2.20. The number of carbonyl (C=O) groups excluding carboxylic acids is 2. The summed E-state index contributed by atoms with van der Waals surface area (Å²) in [7, 11) is 0. The van der Waals surface area contributed by atoms with E-state index in [0.717, 1.165) is 31.5 Å². The fourth-order valence-corrected chi connectivity index (χ4v) is 3.49. The van der Waals surface area contributed by atoms with E-state index in [1.807, 2.05) is 30.3 Å². The summed E-state index contributed by atoms with van der Waals surface area (Å²) in [5, 5.41) is 9.70. The van der Waals surface area contributed by atoms with E-state index in [-0.39, 0.29) is 36.7 Å². The van der Waals surface area contributed by atoms with Crippen LogP contribution in [0.15, 0.2) is 54.6 Å². The van der Waals surface area contributed by atoms with E-state index < -0.39 is 6.04 Å². The average Bonchev–Trinajstić information content (AvgIpc) is 2.69. The van der Waals surface area contributed by atoms with Crippen molar-refractivity contribution >= 4 is 35.8 Å². The summed E-state index contributed by atoms with van der Waals surface area (Å²) in [5.41, 5.74) is 1.28. The zero-order chi connectivity index (χ0) is 19.1. The van der Waals surface area contributed by atoms with Crippen LogP contribution in [0.5, 0.6) is 0 Å². The van der Waals surface area contributed by atoms with Gasteiger partial charge >= 0.3 is 0 Å². The quantitative estimate of drug-likeness (QED) is 0.668. The molecule has 7 heteroatoms. The number of hydrogen-bond donors (Lipinski definition) is 3. The lowest BCUT2D eigenvalue weighted by Crippen LogP contribution is -2.46. The molecular weight excluding hydrogens is 397 g/mol. The number of halogens is 2. The molecule has 2 atom stereocenters. The molecule has 0 aliphatic carbocycles. The Labute approximate surface area is 176 Å². The Hall–Kier alpha value is -2.08. The van der Waals surface area contributed by atoms with E-state index in [1.165, 1.54) is 0 Å². The van der Waals surface area contributed by atoms with Crippen LogP contribution < -0.4 is 16.0 Å². The minimum absolute atomic E-state index is 0. The molecule has 2 aromatic carbocycles. The maximum Gasteiger partial charge on any atom is 0.253 e. The summed E-state index contributed by atoms with van der Waals surface area (Å²) >= 11 is 6.14. The highest BCUT2D eigenvalue weighted by molar-refractivity contribution is 6.33. The van der Waals surface area contributed by atoms with Crippen LogP contribution in [0.25, 0.3) is 0 Å². The van der Waals surface area contributed by atoms with Crippen LogP contribution in [0.4, 0.5) is 0 Å². The van der Waals surface area contributed by atoms with Crippen LogP contribution >= 0.6 is 24.0 Å². The summed E-state index contributed by atoms with van der Waals surface area (Å²) in [6, 6.07) is 16.1. The number of rotatable bonds is 6. The highest BCUT2D eigenvalue weighted by atomic mass is 35.5. The van der Waals surface area contributed by atoms with Crippen molar-refractivity contribution in [1.29, 1.82) is 0 Å². The van der Waals surface area contributed by atoms with Crippen LogP contribution in [-0.4, -0.2) is 30.9 Å². The van der Waals surface area contributed by atoms with Gasteiger partial charge in [-0.1, -0.05) is 54.1 Å². The molecule has 1 aliphatic rings. The predicted molar refractivity (Wildman–Crippen MR) is 114 cm³/mol. The van der Waals surface area contributed by atoms with Gasteiger partial charge in [0.05, 0.1) is 23.0 Å². The second-order valence-electron chi connectivity index (χ2n) is 6.73. The Balaban J connectivity index is 0.00000280. The highest BCUT2D eigenvalue weighted by Gasteiger charge is 2.22. The number of nitrogens with one attached hydrogen (secondary N) is 3. The molecular formula is C21H25Cl2N3O2. The largest absolute Gasteiger partial charge is 0.352 e. The molecule has 1 aliphatic heterocycles. The second-order valence-corrected chi connectivity index (χ2v) is 7.14. The maximum absolute atomic E-state index is 12.7. The number of hydrogen-bond acceptors (Lipinski definition) is 3. The lowest BCUT2D eigenvalue weighted by atomic mass is 10.0. The first-order valence-electron chi connectivity index (χ1n) is 9.24. The molecule has 3 N–H and O–H groups in total. The van der Waals surface area contributed by atoms with Crippen molar-refractivity contribution in [3.8, 4) is 0 Å². The standard InChI is InChI=1S/C21H24ClN3O2.ClH/c22-18-11-5-4-10-17(18)21(27)25-19(15-7-2-1-3-8-15)13-20(26)24-16-9-6-12-23-14-16;/h1-5,7-8,10-11,16,19,23H,6,9,12-14H2,(H,24,26)(H,25,27);1H/t16-,19?;/m0./s1. The number of benzene rings is 2. The van der Waals surface area contributed by atoms with E-state index >= 15 is 0 Å². The normalized spacial score (nSPS) is 17.1. The molecule has 1 saturated heterocycles. The van der Waals surface area contributed by atoms with Gasteiger partial charge < -0.3 is 16.0 Å². The van der Waals surface area contributed by atoms with Gasteiger partial charge in [-0.2, -0.15) is 0 Å². The van der Waals surface area contributed by atoms with Gasteiger partial charge in [0.2, 0.25) is 5.91 Å². The summed E-state index contributed by atoms with van der Waals surface area (Å²) < 4.78 is 0. The Bertz CT molecular complexity index is 780. The average molecular weight is 422 g/mol. The van der Waals surface area contributed by atoms with E-state index in [9.17, 15) is 9.59 Å². The van der Waals surface area contributed by atoms with Crippen LogP contribution in [0.2, 0.25) is 5.02 Å². The zero-order valence-electron chi connectivity index (χ0n) is 15.5. The summed E-state index contributed by atoms with van der Waals surface area (Å²) in [5.74, 6) is -0.362. The molecule has 1 heterocycles. The third kappa shape index (κ3) is 6.23. The molecule has 150 valence electrons.